The fourth-order valence-electron chi connectivity index (χ4n) is 3.23. The number of para-hydroxylation sites is 1. The van der Waals surface area contributed by atoms with E-state index in [1.165, 1.54) is 5.56 Å². The van der Waals surface area contributed by atoms with Crippen LogP contribution in [0.25, 0.3) is 0 Å². The van der Waals surface area contributed by atoms with Gasteiger partial charge in [0.05, 0.1) is 0 Å². The van der Waals surface area contributed by atoms with Crippen LogP contribution in [-0.4, -0.2) is 17.9 Å². The minimum atomic E-state index is -0.530. The van der Waals surface area contributed by atoms with Crippen LogP contribution in [0.2, 0.25) is 0 Å². The predicted octanol–water partition coefficient (Wildman–Crippen LogP) is 3.37. The van der Waals surface area contributed by atoms with Crippen LogP contribution in [0, 0.1) is 6.92 Å². The number of aryl methyl sites for hydroxylation is 2. The van der Waals surface area contributed by atoms with Crippen molar-refractivity contribution in [3.63, 3.8) is 0 Å². The first-order valence-corrected chi connectivity index (χ1v) is 8.79. The first-order chi connectivity index (χ1) is 12.1. The first-order valence-electron chi connectivity index (χ1n) is 8.79. The number of anilines is 1. The summed E-state index contributed by atoms with van der Waals surface area (Å²) >= 11 is 0. The van der Waals surface area contributed by atoms with Gasteiger partial charge in [0, 0.05) is 18.7 Å². The molecule has 0 saturated carbocycles. The molecule has 0 aliphatic carbocycles. The van der Waals surface area contributed by atoms with E-state index in [-0.39, 0.29) is 11.8 Å². The van der Waals surface area contributed by atoms with Crippen molar-refractivity contribution in [1.82, 2.24) is 5.32 Å². The summed E-state index contributed by atoms with van der Waals surface area (Å²) in [4.78, 5) is 26.9. The summed E-state index contributed by atoms with van der Waals surface area (Å²) < 4.78 is 0. The van der Waals surface area contributed by atoms with Crippen LogP contribution in [0.4, 0.5) is 5.69 Å². The van der Waals surface area contributed by atoms with Gasteiger partial charge in [0.15, 0.2) is 0 Å². The molecule has 1 N–H and O–H groups in total. The van der Waals surface area contributed by atoms with Gasteiger partial charge in [0.2, 0.25) is 11.8 Å². The Morgan fingerprint density at radius 1 is 1.12 bits per heavy atom. The third kappa shape index (κ3) is 3.90. The number of fused-ring (bicyclic) bond motifs is 1. The molecule has 2 aromatic rings. The molecule has 0 fully saturated rings. The molecule has 1 aliphatic rings. The summed E-state index contributed by atoms with van der Waals surface area (Å²) in [6.07, 6.45) is 2.17. The Morgan fingerprint density at radius 2 is 1.84 bits per heavy atom. The third-order valence-corrected chi connectivity index (χ3v) is 4.71. The Hall–Kier alpha value is -2.62. The molecule has 2 amide bonds. The highest BCUT2D eigenvalue weighted by Crippen LogP contribution is 2.28. The maximum absolute atomic E-state index is 12.6. The number of hydrogen-bond acceptors (Lipinski definition) is 2. The number of carbonyl (C=O) groups is 2. The van der Waals surface area contributed by atoms with Crippen LogP contribution in [0.1, 0.15) is 36.5 Å². The molecule has 1 heterocycles. The normalized spacial score (nSPS) is 15.3. The average Bonchev–Trinajstić information content (AvgIpc) is 2.78. The van der Waals surface area contributed by atoms with E-state index in [4.69, 9.17) is 0 Å². The fraction of sp³-hybridized carbons (Fsp3) is 0.333. The molecule has 4 nitrogen and oxygen atoms in total. The van der Waals surface area contributed by atoms with E-state index >= 15 is 0 Å². The number of hydrogen-bond donors (Lipinski definition) is 1. The summed E-state index contributed by atoms with van der Waals surface area (Å²) in [7, 11) is 0. The minimum absolute atomic E-state index is 0.0166. The van der Waals surface area contributed by atoms with Crippen molar-refractivity contribution >= 4 is 17.5 Å². The molecule has 0 spiro atoms. The van der Waals surface area contributed by atoms with Crippen molar-refractivity contribution in [1.29, 1.82) is 0 Å². The second-order valence-corrected chi connectivity index (χ2v) is 6.63. The second-order valence-electron chi connectivity index (χ2n) is 6.63. The number of rotatable bonds is 4. The maximum Gasteiger partial charge on any atom is 0.243 e. The van der Waals surface area contributed by atoms with Crippen LogP contribution >= 0.6 is 0 Å². The lowest BCUT2D eigenvalue weighted by Crippen LogP contribution is -2.48. The lowest BCUT2D eigenvalue weighted by atomic mass is 10.1. The van der Waals surface area contributed by atoms with Gasteiger partial charge < -0.3 is 5.32 Å². The highest BCUT2D eigenvalue weighted by Gasteiger charge is 2.30. The molecule has 2 aromatic carbocycles. The van der Waals surface area contributed by atoms with E-state index in [2.05, 4.69) is 5.32 Å². The Balaban J connectivity index is 1.74. The summed E-state index contributed by atoms with van der Waals surface area (Å²) in [6.45, 7) is 4.30. The molecule has 0 unspecified atom stereocenters. The highest BCUT2D eigenvalue weighted by atomic mass is 16.2. The van der Waals surface area contributed by atoms with E-state index in [1.54, 1.807) is 11.8 Å². The number of nitrogens with one attached hydrogen (secondary N) is 1. The van der Waals surface area contributed by atoms with Crippen LogP contribution in [0.3, 0.4) is 0 Å². The molecule has 0 radical (unpaired) electrons. The van der Waals surface area contributed by atoms with E-state index in [9.17, 15) is 9.59 Å². The van der Waals surface area contributed by atoms with Gasteiger partial charge in [0.25, 0.3) is 0 Å². The summed E-state index contributed by atoms with van der Waals surface area (Å²) in [5.41, 5.74) is 4.23. The Labute approximate surface area is 148 Å². The molecule has 0 saturated heterocycles. The highest BCUT2D eigenvalue weighted by molar-refractivity contribution is 6.01. The molecule has 25 heavy (non-hydrogen) atoms. The molecule has 1 aliphatic heterocycles. The van der Waals surface area contributed by atoms with Crippen molar-refractivity contribution in [3.8, 4) is 0 Å². The number of carbonyl (C=O) groups excluding carboxylic acids is 2. The van der Waals surface area contributed by atoms with Crippen LogP contribution in [-0.2, 0) is 22.6 Å². The molecule has 4 heteroatoms. The van der Waals surface area contributed by atoms with Crippen LogP contribution in [0.5, 0.6) is 0 Å². The zero-order chi connectivity index (χ0) is 17.8. The molecule has 0 aromatic heterocycles. The van der Waals surface area contributed by atoms with Crippen molar-refractivity contribution in [3.05, 3.63) is 65.2 Å². The first kappa shape index (κ1) is 17.2. The van der Waals surface area contributed by atoms with E-state index < -0.39 is 6.04 Å². The van der Waals surface area contributed by atoms with Gasteiger partial charge in [-0.3, -0.25) is 14.5 Å². The predicted molar refractivity (Wildman–Crippen MR) is 99.4 cm³/mol. The summed E-state index contributed by atoms with van der Waals surface area (Å²) in [5.74, 6) is -0.117. The van der Waals surface area contributed by atoms with Gasteiger partial charge in [-0.15, -0.1) is 0 Å². The van der Waals surface area contributed by atoms with E-state index in [0.717, 1.165) is 29.7 Å². The minimum Gasteiger partial charge on any atom is -0.350 e. The number of nitrogens with zero attached hydrogens (tertiary/aromatic N) is 1. The molecule has 1 atom stereocenters. The lowest BCUT2D eigenvalue weighted by molar-refractivity contribution is -0.126. The standard InChI is InChI=1S/C21H24N2O2/c1-15-10-12-17(13-11-15)14-22-21(25)16(2)23-19-8-4-3-6-18(19)7-5-9-20(23)24/h3-4,6,8,10-13,16H,5,7,9,14H2,1-2H3,(H,22,25)/t16-/m0/s1. The quantitative estimate of drug-likeness (QED) is 0.930. The van der Waals surface area contributed by atoms with Gasteiger partial charge in [-0.1, -0.05) is 48.0 Å². The van der Waals surface area contributed by atoms with Crippen molar-refractivity contribution in [2.24, 2.45) is 0 Å². The SMILES string of the molecule is Cc1ccc(CNC(=O)[C@H](C)N2C(=O)CCCc3ccccc32)cc1. The average molecular weight is 336 g/mol. The smallest absolute Gasteiger partial charge is 0.243 e. The van der Waals surface area contributed by atoms with Crippen molar-refractivity contribution < 1.29 is 9.59 Å². The second kappa shape index (κ2) is 7.51. The molecule has 130 valence electrons. The van der Waals surface area contributed by atoms with Gasteiger partial charge in [-0.25, -0.2) is 0 Å². The number of benzene rings is 2. The fourth-order valence-corrected chi connectivity index (χ4v) is 3.23. The van der Waals surface area contributed by atoms with E-state index in [1.807, 2.05) is 55.5 Å². The van der Waals surface area contributed by atoms with Crippen molar-refractivity contribution in [2.75, 3.05) is 4.90 Å². The Bertz CT molecular complexity index is 768. The van der Waals surface area contributed by atoms with Gasteiger partial charge in [-0.05, 0) is 43.9 Å². The van der Waals surface area contributed by atoms with Gasteiger partial charge in [-0.2, -0.15) is 0 Å². The monoisotopic (exact) mass is 336 g/mol. The topological polar surface area (TPSA) is 49.4 Å². The molecule has 0 bridgehead atoms. The molecule has 3 rings (SSSR count). The summed E-state index contributed by atoms with van der Waals surface area (Å²) in [5, 5.41) is 2.95. The summed E-state index contributed by atoms with van der Waals surface area (Å²) in [6, 6.07) is 15.4. The Kier molecular flexibility index (Phi) is 5.17. The third-order valence-electron chi connectivity index (χ3n) is 4.71. The van der Waals surface area contributed by atoms with Crippen LogP contribution in [0.15, 0.2) is 48.5 Å². The van der Waals surface area contributed by atoms with E-state index in [0.29, 0.717) is 13.0 Å². The zero-order valence-electron chi connectivity index (χ0n) is 14.8. The Morgan fingerprint density at radius 3 is 2.60 bits per heavy atom. The number of amides is 2. The van der Waals surface area contributed by atoms with Gasteiger partial charge in [0.1, 0.15) is 6.04 Å². The van der Waals surface area contributed by atoms with Gasteiger partial charge >= 0.3 is 0 Å². The maximum atomic E-state index is 12.6. The molecular weight excluding hydrogens is 312 g/mol. The zero-order valence-corrected chi connectivity index (χ0v) is 14.8. The largest absolute Gasteiger partial charge is 0.350 e. The molecular formula is C21H24N2O2. The van der Waals surface area contributed by atoms with Crippen LogP contribution < -0.4 is 10.2 Å². The van der Waals surface area contributed by atoms with Crippen molar-refractivity contribution in [2.45, 2.75) is 45.7 Å². The lowest BCUT2D eigenvalue weighted by Gasteiger charge is -2.28.